The number of hydrogen-bond acceptors (Lipinski definition) is 7. The number of carbonyl (C=O) groups is 1. The summed E-state index contributed by atoms with van der Waals surface area (Å²) >= 11 is 1.35. The lowest BCUT2D eigenvalue weighted by atomic mass is 10.2. The molecule has 9 heteroatoms. The number of rotatable bonds is 7. The zero-order chi connectivity index (χ0) is 21.1. The first-order valence-corrected chi connectivity index (χ1v) is 10.6. The van der Waals surface area contributed by atoms with E-state index in [1.165, 1.54) is 29.3 Å². The molecule has 4 rings (SSSR count). The number of benzene rings is 1. The summed E-state index contributed by atoms with van der Waals surface area (Å²) in [5.41, 5.74) is 4.21. The number of aromatic nitrogens is 4. The maximum Gasteiger partial charge on any atom is 0.234 e. The maximum atomic E-state index is 12.4. The van der Waals surface area contributed by atoms with Gasteiger partial charge in [-0.15, -0.1) is 0 Å². The van der Waals surface area contributed by atoms with Crippen LogP contribution in [0, 0.1) is 6.92 Å². The molecule has 0 fully saturated rings. The first-order chi connectivity index (χ1) is 14.6. The standard InChI is InChI=1S/C21H23N5O3S/c1-13-15-5-4-6-17(15)26(25-13)19-10-21(23-12-22-19)30-11-20(27)24-16-8-7-14(28-2)9-18(16)29-3/h7-10,12H,4-6,11H2,1-3H3,(H,24,27). The molecular formula is C21H23N5O3S. The molecule has 156 valence electrons. The molecule has 1 aliphatic carbocycles. The van der Waals surface area contributed by atoms with Crippen LogP contribution >= 0.6 is 11.8 Å². The van der Waals surface area contributed by atoms with Gasteiger partial charge in [-0.25, -0.2) is 14.6 Å². The Morgan fingerprint density at radius 2 is 2.07 bits per heavy atom. The first kappa shape index (κ1) is 20.2. The average molecular weight is 426 g/mol. The van der Waals surface area contributed by atoms with Gasteiger partial charge >= 0.3 is 0 Å². The summed E-state index contributed by atoms with van der Waals surface area (Å²) in [7, 11) is 3.13. The molecule has 1 amide bonds. The van der Waals surface area contributed by atoms with Crippen LogP contribution in [-0.4, -0.2) is 45.6 Å². The van der Waals surface area contributed by atoms with E-state index in [9.17, 15) is 4.79 Å². The zero-order valence-electron chi connectivity index (χ0n) is 17.1. The second kappa shape index (κ2) is 8.74. The van der Waals surface area contributed by atoms with Crippen LogP contribution in [-0.2, 0) is 17.6 Å². The van der Waals surface area contributed by atoms with E-state index in [1.807, 2.05) is 17.7 Å². The minimum atomic E-state index is -0.153. The number of aryl methyl sites for hydroxylation is 1. The smallest absolute Gasteiger partial charge is 0.234 e. The number of ether oxygens (including phenoxy) is 2. The monoisotopic (exact) mass is 425 g/mol. The molecule has 3 aromatic rings. The van der Waals surface area contributed by atoms with Gasteiger partial charge in [-0.1, -0.05) is 11.8 Å². The minimum absolute atomic E-state index is 0.153. The van der Waals surface area contributed by atoms with Gasteiger partial charge in [-0.05, 0) is 43.9 Å². The number of nitrogens with one attached hydrogen (secondary N) is 1. The highest BCUT2D eigenvalue weighted by atomic mass is 32.2. The fourth-order valence-corrected chi connectivity index (χ4v) is 4.23. The third-order valence-electron chi connectivity index (χ3n) is 5.01. The van der Waals surface area contributed by atoms with Gasteiger partial charge in [-0.2, -0.15) is 5.10 Å². The van der Waals surface area contributed by atoms with Crippen molar-refractivity contribution in [3.8, 4) is 17.3 Å². The lowest BCUT2D eigenvalue weighted by Crippen LogP contribution is -2.15. The predicted octanol–water partition coefficient (Wildman–Crippen LogP) is 3.21. The highest BCUT2D eigenvalue weighted by Crippen LogP contribution is 2.30. The number of methoxy groups -OCH3 is 2. The normalized spacial score (nSPS) is 12.5. The highest BCUT2D eigenvalue weighted by molar-refractivity contribution is 7.99. The Kier molecular flexibility index (Phi) is 5.89. The highest BCUT2D eigenvalue weighted by Gasteiger charge is 2.21. The summed E-state index contributed by atoms with van der Waals surface area (Å²) in [5, 5.41) is 8.23. The van der Waals surface area contributed by atoms with Gasteiger partial charge in [-0.3, -0.25) is 4.79 Å². The largest absolute Gasteiger partial charge is 0.497 e. The predicted molar refractivity (Wildman–Crippen MR) is 115 cm³/mol. The van der Waals surface area contributed by atoms with Gasteiger partial charge in [0, 0.05) is 17.8 Å². The lowest BCUT2D eigenvalue weighted by Gasteiger charge is -2.11. The minimum Gasteiger partial charge on any atom is -0.497 e. The van der Waals surface area contributed by atoms with Crippen LogP contribution in [0.15, 0.2) is 35.6 Å². The molecule has 1 aromatic carbocycles. The fraction of sp³-hybridized carbons (Fsp3) is 0.333. The number of fused-ring (bicyclic) bond motifs is 1. The molecule has 0 radical (unpaired) electrons. The van der Waals surface area contributed by atoms with Crippen molar-refractivity contribution in [2.75, 3.05) is 25.3 Å². The molecule has 30 heavy (non-hydrogen) atoms. The van der Waals surface area contributed by atoms with Crippen LogP contribution in [0.3, 0.4) is 0 Å². The quantitative estimate of drug-likeness (QED) is 0.459. The molecule has 2 heterocycles. The van der Waals surface area contributed by atoms with Crippen molar-refractivity contribution in [1.82, 2.24) is 19.7 Å². The first-order valence-electron chi connectivity index (χ1n) is 9.63. The molecule has 2 aromatic heterocycles. The molecular weight excluding hydrogens is 402 g/mol. The van der Waals surface area contributed by atoms with Gasteiger partial charge in [0.15, 0.2) is 5.82 Å². The number of amides is 1. The summed E-state index contributed by atoms with van der Waals surface area (Å²) in [4.78, 5) is 21.1. The van der Waals surface area contributed by atoms with Gasteiger partial charge in [0.05, 0.1) is 31.4 Å². The van der Waals surface area contributed by atoms with Crippen molar-refractivity contribution in [3.05, 3.63) is 47.5 Å². The Morgan fingerprint density at radius 3 is 2.87 bits per heavy atom. The molecule has 0 spiro atoms. The Hall–Kier alpha value is -3.07. The van der Waals surface area contributed by atoms with Crippen molar-refractivity contribution in [1.29, 1.82) is 0 Å². The van der Waals surface area contributed by atoms with E-state index in [-0.39, 0.29) is 11.7 Å². The fourth-order valence-electron chi connectivity index (χ4n) is 3.56. The summed E-state index contributed by atoms with van der Waals surface area (Å²) in [5.74, 6) is 1.99. The average Bonchev–Trinajstić information content (AvgIpc) is 3.37. The molecule has 0 unspecified atom stereocenters. The van der Waals surface area contributed by atoms with E-state index < -0.39 is 0 Å². The van der Waals surface area contributed by atoms with E-state index in [2.05, 4.69) is 20.4 Å². The summed E-state index contributed by atoms with van der Waals surface area (Å²) in [6.07, 6.45) is 4.74. The van der Waals surface area contributed by atoms with Crippen LogP contribution in [0.25, 0.3) is 5.82 Å². The molecule has 0 aliphatic heterocycles. The van der Waals surface area contributed by atoms with Crippen LogP contribution in [0.5, 0.6) is 11.5 Å². The van der Waals surface area contributed by atoms with Crippen LogP contribution < -0.4 is 14.8 Å². The Balaban J connectivity index is 1.43. The Bertz CT molecular complexity index is 1080. The van der Waals surface area contributed by atoms with Crippen molar-refractivity contribution in [3.63, 3.8) is 0 Å². The topological polar surface area (TPSA) is 91.2 Å². The number of nitrogens with zero attached hydrogens (tertiary/aromatic N) is 4. The van der Waals surface area contributed by atoms with Crippen molar-refractivity contribution in [2.45, 2.75) is 31.2 Å². The third kappa shape index (κ3) is 4.11. The van der Waals surface area contributed by atoms with E-state index in [4.69, 9.17) is 9.47 Å². The molecule has 0 atom stereocenters. The van der Waals surface area contributed by atoms with Gasteiger partial charge in [0.1, 0.15) is 22.9 Å². The van der Waals surface area contributed by atoms with Gasteiger partial charge in [0.25, 0.3) is 0 Å². The SMILES string of the molecule is COc1ccc(NC(=O)CSc2cc(-n3nc(C)c4c3CCC4)ncn2)c(OC)c1. The van der Waals surface area contributed by atoms with E-state index in [0.29, 0.717) is 17.2 Å². The zero-order valence-corrected chi connectivity index (χ0v) is 18.0. The maximum absolute atomic E-state index is 12.4. The van der Waals surface area contributed by atoms with E-state index in [0.717, 1.165) is 35.8 Å². The van der Waals surface area contributed by atoms with Crippen molar-refractivity contribution in [2.24, 2.45) is 0 Å². The van der Waals surface area contributed by atoms with Gasteiger partial charge < -0.3 is 14.8 Å². The molecule has 8 nitrogen and oxygen atoms in total. The lowest BCUT2D eigenvalue weighted by molar-refractivity contribution is -0.113. The van der Waals surface area contributed by atoms with E-state index in [1.54, 1.807) is 32.4 Å². The number of hydrogen-bond donors (Lipinski definition) is 1. The summed E-state index contributed by atoms with van der Waals surface area (Å²) < 4.78 is 12.4. The molecule has 0 bridgehead atoms. The number of thioether (sulfide) groups is 1. The summed E-state index contributed by atoms with van der Waals surface area (Å²) in [6, 6.07) is 7.12. The molecule has 0 saturated carbocycles. The van der Waals surface area contributed by atoms with Crippen molar-refractivity contribution >= 4 is 23.4 Å². The Labute approximate surface area is 179 Å². The van der Waals surface area contributed by atoms with Crippen LogP contribution in [0.2, 0.25) is 0 Å². The number of carbonyl (C=O) groups excluding carboxylic acids is 1. The van der Waals surface area contributed by atoms with Crippen molar-refractivity contribution < 1.29 is 14.3 Å². The Morgan fingerprint density at radius 1 is 1.20 bits per heavy atom. The molecule has 1 N–H and O–H groups in total. The van der Waals surface area contributed by atoms with Gasteiger partial charge in [0.2, 0.25) is 5.91 Å². The molecule has 0 saturated heterocycles. The third-order valence-corrected chi connectivity index (χ3v) is 5.94. The van der Waals surface area contributed by atoms with Crippen LogP contribution in [0.1, 0.15) is 23.4 Å². The van der Waals surface area contributed by atoms with E-state index >= 15 is 0 Å². The second-order valence-electron chi connectivity index (χ2n) is 6.89. The number of anilines is 1. The molecule has 1 aliphatic rings. The van der Waals surface area contributed by atoms with Crippen LogP contribution in [0.4, 0.5) is 5.69 Å². The second-order valence-corrected chi connectivity index (χ2v) is 7.89. The summed E-state index contributed by atoms with van der Waals surface area (Å²) in [6.45, 7) is 2.04.